The lowest BCUT2D eigenvalue weighted by atomic mass is 10.0. The summed E-state index contributed by atoms with van der Waals surface area (Å²) in [5, 5.41) is 13.3. The Balaban J connectivity index is 2.50. The van der Waals surface area contributed by atoms with Crippen LogP contribution < -0.4 is 5.32 Å². The van der Waals surface area contributed by atoms with Gasteiger partial charge in [-0.1, -0.05) is 12.8 Å². The van der Waals surface area contributed by atoms with Crippen molar-refractivity contribution in [2.45, 2.75) is 70.6 Å². The number of hydrogen-bond acceptors (Lipinski definition) is 3. The molecule has 0 aromatic heterocycles. The molecule has 1 fully saturated rings. The fourth-order valence-electron chi connectivity index (χ4n) is 2.47. The molecule has 4 nitrogen and oxygen atoms in total. The average molecular weight is 256 g/mol. The molecule has 1 saturated carbocycles. The van der Waals surface area contributed by atoms with Crippen LogP contribution in [0.4, 0.5) is 0 Å². The SMILES string of the molecule is CC(C(=O)NC(C)(C)C)N(C)CC1(O)CCCC1. The van der Waals surface area contributed by atoms with Gasteiger partial charge >= 0.3 is 0 Å². The summed E-state index contributed by atoms with van der Waals surface area (Å²) in [5.41, 5.74) is -0.804. The second kappa shape index (κ2) is 5.57. The Morgan fingerprint density at radius 3 is 2.33 bits per heavy atom. The van der Waals surface area contributed by atoms with Crippen LogP contribution in [0.3, 0.4) is 0 Å². The van der Waals surface area contributed by atoms with Gasteiger partial charge in [0, 0.05) is 12.1 Å². The Hall–Kier alpha value is -0.610. The Kier molecular flexibility index (Phi) is 4.78. The highest BCUT2D eigenvalue weighted by molar-refractivity contribution is 5.81. The first kappa shape index (κ1) is 15.4. The number of nitrogens with zero attached hydrogens (tertiary/aromatic N) is 1. The molecule has 1 atom stereocenters. The van der Waals surface area contributed by atoms with Gasteiger partial charge in [-0.2, -0.15) is 0 Å². The van der Waals surface area contributed by atoms with Crippen molar-refractivity contribution in [1.82, 2.24) is 10.2 Å². The smallest absolute Gasteiger partial charge is 0.237 e. The minimum Gasteiger partial charge on any atom is -0.389 e. The largest absolute Gasteiger partial charge is 0.389 e. The molecule has 106 valence electrons. The zero-order valence-corrected chi connectivity index (χ0v) is 12.4. The molecule has 0 spiro atoms. The van der Waals surface area contributed by atoms with E-state index in [2.05, 4.69) is 5.32 Å². The van der Waals surface area contributed by atoms with E-state index < -0.39 is 5.60 Å². The van der Waals surface area contributed by atoms with Crippen LogP contribution in [0.5, 0.6) is 0 Å². The van der Waals surface area contributed by atoms with E-state index in [0.29, 0.717) is 6.54 Å². The molecule has 2 N–H and O–H groups in total. The van der Waals surface area contributed by atoms with Gasteiger partial charge in [0.15, 0.2) is 0 Å². The van der Waals surface area contributed by atoms with E-state index in [1.807, 2.05) is 39.6 Å². The zero-order chi connectivity index (χ0) is 14.0. The average Bonchev–Trinajstić information content (AvgIpc) is 2.60. The minimum absolute atomic E-state index is 0.0200. The van der Waals surface area contributed by atoms with Crippen molar-refractivity contribution in [1.29, 1.82) is 0 Å². The van der Waals surface area contributed by atoms with Crippen molar-refractivity contribution in [3.8, 4) is 0 Å². The molecule has 0 heterocycles. The van der Waals surface area contributed by atoms with Crippen LogP contribution in [0.2, 0.25) is 0 Å². The van der Waals surface area contributed by atoms with Gasteiger partial charge in [-0.3, -0.25) is 9.69 Å². The Bertz CT molecular complexity index is 291. The number of likely N-dealkylation sites (N-methyl/N-ethyl adjacent to an activating group) is 1. The third kappa shape index (κ3) is 4.58. The van der Waals surface area contributed by atoms with Gasteiger partial charge in [-0.25, -0.2) is 0 Å². The fraction of sp³-hybridized carbons (Fsp3) is 0.929. The monoisotopic (exact) mass is 256 g/mol. The molecule has 1 amide bonds. The van der Waals surface area contributed by atoms with E-state index in [0.717, 1.165) is 25.7 Å². The fourth-order valence-corrected chi connectivity index (χ4v) is 2.47. The van der Waals surface area contributed by atoms with E-state index in [-0.39, 0.29) is 17.5 Å². The number of rotatable bonds is 4. The van der Waals surface area contributed by atoms with Gasteiger partial charge in [-0.15, -0.1) is 0 Å². The molecular formula is C14H28N2O2. The molecule has 0 bridgehead atoms. The number of carbonyl (C=O) groups excluding carboxylic acids is 1. The van der Waals surface area contributed by atoms with Crippen molar-refractivity contribution < 1.29 is 9.90 Å². The van der Waals surface area contributed by atoms with Crippen LogP contribution in [0.1, 0.15) is 53.4 Å². The predicted molar refractivity (Wildman–Crippen MR) is 73.4 cm³/mol. The Morgan fingerprint density at radius 1 is 1.39 bits per heavy atom. The van der Waals surface area contributed by atoms with Crippen LogP contribution in [-0.4, -0.2) is 46.7 Å². The standard InChI is InChI=1S/C14H28N2O2/c1-11(12(17)15-13(2,3)4)16(5)10-14(18)8-6-7-9-14/h11,18H,6-10H2,1-5H3,(H,15,17). The van der Waals surface area contributed by atoms with Crippen molar-refractivity contribution in [3.05, 3.63) is 0 Å². The maximum Gasteiger partial charge on any atom is 0.237 e. The first-order chi connectivity index (χ1) is 8.13. The number of nitrogens with one attached hydrogen (secondary N) is 1. The normalized spacial score (nSPS) is 21.1. The maximum absolute atomic E-state index is 12.0. The summed E-state index contributed by atoms with van der Waals surface area (Å²) in [6.45, 7) is 8.39. The third-order valence-electron chi connectivity index (χ3n) is 3.62. The molecule has 18 heavy (non-hydrogen) atoms. The molecule has 0 aromatic rings. The lowest BCUT2D eigenvalue weighted by molar-refractivity contribution is -0.127. The summed E-state index contributed by atoms with van der Waals surface area (Å²) >= 11 is 0. The lowest BCUT2D eigenvalue weighted by Crippen LogP contribution is -2.52. The second-order valence-electron chi connectivity index (χ2n) is 6.76. The van der Waals surface area contributed by atoms with E-state index in [4.69, 9.17) is 0 Å². The predicted octanol–water partition coefficient (Wildman–Crippen LogP) is 1.53. The highest BCUT2D eigenvalue weighted by Gasteiger charge is 2.34. The lowest BCUT2D eigenvalue weighted by Gasteiger charge is -2.33. The van der Waals surface area contributed by atoms with Crippen molar-refractivity contribution in [2.75, 3.05) is 13.6 Å². The molecule has 1 aliphatic carbocycles. The van der Waals surface area contributed by atoms with E-state index in [1.54, 1.807) is 0 Å². The van der Waals surface area contributed by atoms with Crippen LogP contribution >= 0.6 is 0 Å². The summed E-state index contributed by atoms with van der Waals surface area (Å²) in [4.78, 5) is 14.0. The number of aliphatic hydroxyl groups is 1. The third-order valence-corrected chi connectivity index (χ3v) is 3.62. The topological polar surface area (TPSA) is 52.6 Å². The molecule has 1 rings (SSSR count). The minimum atomic E-state index is -0.592. The van der Waals surface area contributed by atoms with Crippen molar-refractivity contribution in [3.63, 3.8) is 0 Å². The highest BCUT2D eigenvalue weighted by Crippen LogP contribution is 2.30. The number of carbonyl (C=O) groups is 1. The summed E-state index contributed by atoms with van der Waals surface area (Å²) in [7, 11) is 1.91. The van der Waals surface area contributed by atoms with Gasteiger partial charge in [0.25, 0.3) is 0 Å². The van der Waals surface area contributed by atoms with Gasteiger partial charge in [0.2, 0.25) is 5.91 Å². The van der Waals surface area contributed by atoms with Crippen LogP contribution in [0.15, 0.2) is 0 Å². The first-order valence-corrected chi connectivity index (χ1v) is 6.88. The molecule has 1 unspecified atom stereocenters. The number of amides is 1. The number of hydrogen-bond donors (Lipinski definition) is 2. The van der Waals surface area contributed by atoms with E-state index in [1.165, 1.54) is 0 Å². The van der Waals surface area contributed by atoms with Crippen molar-refractivity contribution in [2.24, 2.45) is 0 Å². The van der Waals surface area contributed by atoms with Gasteiger partial charge < -0.3 is 10.4 Å². The molecule has 1 aliphatic rings. The Labute approximate surface area is 111 Å². The Morgan fingerprint density at radius 2 is 1.89 bits per heavy atom. The molecular weight excluding hydrogens is 228 g/mol. The molecule has 0 radical (unpaired) electrons. The van der Waals surface area contributed by atoms with E-state index >= 15 is 0 Å². The van der Waals surface area contributed by atoms with Crippen molar-refractivity contribution >= 4 is 5.91 Å². The zero-order valence-electron chi connectivity index (χ0n) is 12.4. The van der Waals surface area contributed by atoms with Crippen LogP contribution in [0, 0.1) is 0 Å². The summed E-state index contributed by atoms with van der Waals surface area (Å²) < 4.78 is 0. The molecule has 4 heteroatoms. The second-order valence-corrected chi connectivity index (χ2v) is 6.76. The van der Waals surface area contributed by atoms with Gasteiger partial charge in [0.1, 0.15) is 0 Å². The first-order valence-electron chi connectivity index (χ1n) is 6.88. The highest BCUT2D eigenvalue weighted by atomic mass is 16.3. The molecule has 0 aromatic carbocycles. The molecule has 0 saturated heterocycles. The van der Waals surface area contributed by atoms with Gasteiger partial charge in [0.05, 0.1) is 11.6 Å². The van der Waals surface area contributed by atoms with Crippen LogP contribution in [0.25, 0.3) is 0 Å². The van der Waals surface area contributed by atoms with E-state index in [9.17, 15) is 9.90 Å². The summed E-state index contributed by atoms with van der Waals surface area (Å²) in [6, 6.07) is -0.214. The summed E-state index contributed by atoms with van der Waals surface area (Å²) in [5.74, 6) is 0.0200. The van der Waals surface area contributed by atoms with Crippen LogP contribution in [-0.2, 0) is 4.79 Å². The maximum atomic E-state index is 12.0. The van der Waals surface area contributed by atoms with Gasteiger partial charge in [-0.05, 0) is 47.6 Å². The quantitative estimate of drug-likeness (QED) is 0.802. The molecule has 0 aliphatic heterocycles. The summed E-state index contributed by atoms with van der Waals surface area (Å²) in [6.07, 6.45) is 3.88.